The summed E-state index contributed by atoms with van der Waals surface area (Å²) in [5.41, 5.74) is 9.92. The number of benzene rings is 3. The Labute approximate surface area is 207 Å². The van der Waals surface area contributed by atoms with E-state index in [1.807, 2.05) is 10.6 Å². The van der Waals surface area contributed by atoms with Gasteiger partial charge in [-0.25, -0.2) is 4.98 Å². The summed E-state index contributed by atoms with van der Waals surface area (Å²) in [5, 5.41) is 8.69. The molecule has 35 heavy (non-hydrogen) atoms. The molecule has 0 unspecified atom stereocenters. The highest BCUT2D eigenvalue weighted by atomic mass is 15.3. The number of rotatable bonds is 8. The zero-order valence-corrected chi connectivity index (χ0v) is 20.8. The molecular formula is C31H32N4. The molecule has 176 valence electrons. The SMILES string of the molecule is CCCCc1ccc(Nc2c(Cc3ccccc3)c(C)nc3c(-c4ccccc4)c(C)nn23)cc1. The number of aryl methyl sites for hydroxylation is 3. The molecular weight excluding hydrogens is 428 g/mol. The van der Waals surface area contributed by atoms with Crippen LogP contribution in [0.25, 0.3) is 16.8 Å². The van der Waals surface area contributed by atoms with E-state index < -0.39 is 0 Å². The highest BCUT2D eigenvalue weighted by molar-refractivity contribution is 5.82. The summed E-state index contributed by atoms with van der Waals surface area (Å²) in [7, 11) is 0. The molecule has 1 N–H and O–H groups in total. The summed E-state index contributed by atoms with van der Waals surface area (Å²) in [5.74, 6) is 0.975. The third-order valence-corrected chi connectivity index (χ3v) is 6.57. The second-order valence-electron chi connectivity index (χ2n) is 9.17. The summed E-state index contributed by atoms with van der Waals surface area (Å²) >= 11 is 0. The Morgan fingerprint density at radius 3 is 2.14 bits per heavy atom. The predicted octanol–water partition coefficient (Wildman–Crippen LogP) is 7.69. The number of nitrogens with zero attached hydrogens (tertiary/aromatic N) is 3. The molecule has 0 radical (unpaired) electrons. The van der Waals surface area contributed by atoms with Crippen molar-refractivity contribution in [2.75, 3.05) is 5.32 Å². The third kappa shape index (κ3) is 4.83. The number of aromatic nitrogens is 3. The molecule has 0 amide bonds. The molecule has 0 aliphatic rings. The van der Waals surface area contributed by atoms with E-state index in [1.54, 1.807) is 0 Å². The van der Waals surface area contributed by atoms with E-state index >= 15 is 0 Å². The van der Waals surface area contributed by atoms with Gasteiger partial charge in [-0.15, -0.1) is 0 Å². The molecule has 0 saturated heterocycles. The minimum Gasteiger partial charge on any atom is -0.340 e. The quantitative estimate of drug-likeness (QED) is 0.258. The van der Waals surface area contributed by atoms with Crippen LogP contribution in [0.5, 0.6) is 0 Å². The van der Waals surface area contributed by atoms with Gasteiger partial charge in [0, 0.05) is 28.9 Å². The molecule has 2 aromatic heterocycles. The molecule has 4 nitrogen and oxygen atoms in total. The maximum absolute atomic E-state index is 5.08. The van der Waals surface area contributed by atoms with Gasteiger partial charge in [0.15, 0.2) is 5.65 Å². The number of hydrogen-bond donors (Lipinski definition) is 1. The van der Waals surface area contributed by atoms with Crippen molar-refractivity contribution in [2.24, 2.45) is 0 Å². The second kappa shape index (κ2) is 10.1. The van der Waals surface area contributed by atoms with E-state index in [4.69, 9.17) is 10.1 Å². The monoisotopic (exact) mass is 460 g/mol. The van der Waals surface area contributed by atoms with Crippen LogP contribution in [0.3, 0.4) is 0 Å². The van der Waals surface area contributed by atoms with E-state index in [0.29, 0.717) is 0 Å². The molecule has 0 aliphatic heterocycles. The number of unbranched alkanes of at least 4 members (excludes halogenated alkanes) is 1. The van der Waals surface area contributed by atoms with Crippen LogP contribution < -0.4 is 5.32 Å². The Kier molecular flexibility index (Phi) is 6.62. The van der Waals surface area contributed by atoms with Crippen molar-refractivity contribution in [1.29, 1.82) is 0 Å². The van der Waals surface area contributed by atoms with Crippen LogP contribution in [0.1, 0.15) is 47.8 Å². The maximum Gasteiger partial charge on any atom is 0.165 e. The highest BCUT2D eigenvalue weighted by Gasteiger charge is 2.20. The van der Waals surface area contributed by atoms with Crippen molar-refractivity contribution < 1.29 is 0 Å². The fourth-order valence-electron chi connectivity index (χ4n) is 4.65. The number of nitrogens with one attached hydrogen (secondary N) is 1. The van der Waals surface area contributed by atoms with Gasteiger partial charge in [-0.2, -0.15) is 9.61 Å². The van der Waals surface area contributed by atoms with Gasteiger partial charge in [0.2, 0.25) is 0 Å². The molecule has 3 aromatic carbocycles. The lowest BCUT2D eigenvalue weighted by molar-refractivity contribution is 0.795. The van der Waals surface area contributed by atoms with E-state index in [0.717, 1.165) is 58.1 Å². The van der Waals surface area contributed by atoms with Gasteiger partial charge >= 0.3 is 0 Å². The van der Waals surface area contributed by atoms with Crippen LogP contribution in [0, 0.1) is 13.8 Å². The van der Waals surface area contributed by atoms with Gasteiger partial charge < -0.3 is 5.32 Å². The van der Waals surface area contributed by atoms with Gasteiger partial charge in [-0.3, -0.25) is 0 Å². The summed E-state index contributed by atoms with van der Waals surface area (Å²) in [6.45, 7) is 6.40. The molecule has 0 aliphatic carbocycles. The molecule has 0 bridgehead atoms. The van der Waals surface area contributed by atoms with Crippen molar-refractivity contribution >= 4 is 17.2 Å². The lowest BCUT2D eigenvalue weighted by Gasteiger charge is -2.17. The summed E-state index contributed by atoms with van der Waals surface area (Å²) in [4.78, 5) is 5.08. The van der Waals surface area contributed by atoms with Crippen LogP contribution in [0.4, 0.5) is 11.5 Å². The first-order valence-electron chi connectivity index (χ1n) is 12.5. The van der Waals surface area contributed by atoms with E-state index in [-0.39, 0.29) is 0 Å². The Hall–Kier alpha value is -3.92. The minimum atomic E-state index is 0.784. The molecule has 0 spiro atoms. The number of fused-ring (bicyclic) bond motifs is 1. The first-order valence-corrected chi connectivity index (χ1v) is 12.5. The Morgan fingerprint density at radius 2 is 1.46 bits per heavy atom. The molecule has 0 saturated carbocycles. The maximum atomic E-state index is 5.08. The van der Waals surface area contributed by atoms with Crippen LogP contribution in [0.15, 0.2) is 84.9 Å². The van der Waals surface area contributed by atoms with Crippen molar-refractivity contribution in [2.45, 2.75) is 46.5 Å². The first kappa shape index (κ1) is 22.9. The van der Waals surface area contributed by atoms with Crippen molar-refractivity contribution in [3.63, 3.8) is 0 Å². The van der Waals surface area contributed by atoms with Crippen molar-refractivity contribution in [3.8, 4) is 11.1 Å². The van der Waals surface area contributed by atoms with Gasteiger partial charge in [-0.05, 0) is 55.5 Å². The van der Waals surface area contributed by atoms with Crippen molar-refractivity contribution in [3.05, 3.63) is 113 Å². The first-order chi connectivity index (χ1) is 17.1. The summed E-state index contributed by atoms with van der Waals surface area (Å²) in [6, 6.07) is 29.8. The molecule has 0 fully saturated rings. The average molecular weight is 461 g/mol. The topological polar surface area (TPSA) is 42.2 Å². The predicted molar refractivity (Wildman–Crippen MR) is 145 cm³/mol. The van der Waals surface area contributed by atoms with Gasteiger partial charge in [0.05, 0.1) is 5.69 Å². The van der Waals surface area contributed by atoms with Gasteiger partial charge in [-0.1, -0.05) is 86.1 Å². The van der Waals surface area contributed by atoms with Gasteiger partial charge in [0.1, 0.15) is 5.82 Å². The Balaban J connectivity index is 1.64. The zero-order chi connectivity index (χ0) is 24.2. The van der Waals surface area contributed by atoms with Crippen LogP contribution in [-0.4, -0.2) is 14.6 Å². The van der Waals surface area contributed by atoms with Crippen LogP contribution in [0.2, 0.25) is 0 Å². The van der Waals surface area contributed by atoms with Crippen LogP contribution in [-0.2, 0) is 12.8 Å². The lowest BCUT2D eigenvalue weighted by Crippen LogP contribution is -2.09. The Morgan fingerprint density at radius 1 is 0.771 bits per heavy atom. The summed E-state index contributed by atoms with van der Waals surface area (Å²) in [6.07, 6.45) is 4.33. The highest BCUT2D eigenvalue weighted by Crippen LogP contribution is 2.33. The molecule has 2 heterocycles. The van der Waals surface area contributed by atoms with E-state index in [2.05, 4.69) is 105 Å². The molecule has 0 atom stereocenters. The number of hydrogen-bond acceptors (Lipinski definition) is 3. The Bertz CT molecular complexity index is 1420. The van der Waals surface area contributed by atoms with Crippen LogP contribution >= 0.6 is 0 Å². The fraction of sp³-hybridized carbons (Fsp3) is 0.226. The minimum absolute atomic E-state index is 0.784. The van der Waals surface area contributed by atoms with Gasteiger partial charge in [0.25, 0.3) is 0 Å². The standard InChI is InChI=1S/C31H32N4/c1-4-5-12-24-17-19-27(20-18-24)33-30-28(21-25-13-8-6-9-14-25)22(2)32-31-29(23(3)34-35(30)31)26-15-10-7-11-16-26/h6-11,13-20,33H,4-5,12,21H2,1-3H3. The molecule has 5 rings (SSSR count). The van der Waals surface area contributed by atoms with E-state index in [9.17, 15) is 0 Å². The fourth-order valence-corrected chi connectivity index (χ4v) is 4.65. The smallest absolute Gasteiger partial charge is 0.165 e. The molecule has 5 aromatic rings. The summed E-state index contributed by atoms with van der Waals surface area (Å²) < 4.78 is 1.99. The average Bonchev–Trinajstić information content (AvgIpc) is 3.22. The second-order valence-corrected chi connectivity index (χ2v) is 9.17. The zero-order valence-electron chi connectivity index (χ0n) is 20.8. The molecule has 4 heteroatoms. The normalized spacial score (nSPS) is 11.2. The third-order valence-electron chi connectivity index (χ3n) is 6.57. The number of anilines is 2. The largest absolute Gasteiger partial charge is 0.340 e. The lowest BCUT2D eigenvalue weighted by atomic mass is 10.0. The van der Waals surface area contributed by atoms with E-state index in [1.165, 1.54) is 24.0 Å². The van der Waals surface area contributed by atoms with Crippen molar-refractivity contribution in [1.82, 2.24) is 14.6 Å².